The van der Waals surface area contributed by atoms with E-state index in [4.69, 9.17) is 0 Å². The largest absolute Gasteiger partial charge is 0.353 e. The van der Waals surface area contributed by atoms with Gasteiger partial charge in [-0.25, -0.2) is 0 Å². The fourth-order valence-corrected chi connectivity index (χ4v) is 1.42. The maximum absolute atomic E-state index is 11.3. The molecule has 0 aliphatic heterocycles. The van der Waals surface area contributed by atoms with E-state index in [1.165, 1.54) is 12.8 Å². The number of carbonyl (C=O) groups excluding carboxylic acids is 1. The molecule has 1 unspecified atom stereocenters. The summed E-state index contributed by atoms with van der Waals surface area (Å²) in [4.78, 5) is 11.3. The number of amides is 1. The molecule has 76 valence electrons. The maximum atomic E-state index is 11.3. The van der Waals surface area contributed by atoms with Gasteiger partial charge in [0.1, 0.15) is 0 Å². The van der Waals surface area contributed by atoms with Crippen molar-refractivity contribution in [2.45, 2.75) is 39.2 Å². The van der Waals surface area contributed by atoms with Crippen LogP contribution in [0.4, 0.5) is 0 Å². The molecule has 1 saturated carbocycles. The Morgan fingerprint density at radius 3 is 2.77 bits per heavy atom. The fraction of sp³-hybridized carbons (Fsp3) is 0.900. The lowest BCUT2D eigenvalue weighted by Crippen LogP contribution is -2.35. The lowest BCUT2D eigenvalue weighted by Gasteiger charge is -2.12. The quantitative estimate of drug-likeness (QED) is 0.602. The highest BCUT2D eigenvalue weighted by Crippen LogP contribution is 2.32. The van der Waals surface area contributed by atoms with E-state index in [0.29, 0.717) is 12.5 Å². The average molecular weight is 184 g/mol. The number of hydrogen-bond acceptors (Lipinski definition) is 2. The van der Waals surface area contributed by atoms with Gasteiger partial charge in [0.25, 0.3) is 0 Å². The van der Waals surface area contributed by atoms with Gasteiger partial charge in [0.05, 0.1) is 0 Å². The molecule has 1 atom stereocenters. The molecule has 1 aliphatic carbocycles. The molecule has 0 aromatic carbocycles. The van der Waals surface area contributed by atoms with E-state index in [1.54, 1.807) is 0 Å². The van der Waals surface area contributed by atoms with Gasteiger partial charge in [0.2, 0.25) is 5.91 Å². The van der Waals surface area contributed by atoms with Crippen LogP contribution in [0, 0.1) is 5.92 Å². The van der Waals surface area contributed by atoms with E-state index in [9.17, 15) is 4.79 Å². The van der Waals surface area contributed by atoms with Crippen LogP contribution in [0.15, 0.2) is 0 Å². The van der Waals surface area contributed by atoms with Crippen LogP contribution in [0.2, 0.25) is 0 Å². The van der Waals surface area contributed by atoms with Gasteiger partial charge in [-0.05, 0) is 32.2 Å². The molecular weight excluding hydrogens is 164 g/mol. The zero-order valence-corrected chi connectivity index (χ0v) is 8.60. The Morgan fingerprint density at radius 1 is 1.54 bits per heavy atom. The van der Waals surface area contributed by atoms with Crippen molar-refractivity contribution in [1.82, 2.24) is 10.6 Å². The summed E-state index contributed by atoms with van der Waals surface area (Å²) < 4.78 is 0. The summed E-state index contributed by atoms with van der Waals surface area (Å²) in [6.07, 6.45) is 3.17. The van der Waals surface area contributed by atoms with Crippen molar-refractivity contribution in [2.24, 2.45) is 5.92 Å². The van der Waals surface area contributed by atoms with Crippen molar-refractivity contribution in [3.05, 3.63) is 0 Å². The molecule has 3 nitrogen and oxygen atoms in total. The fourth-order valence-electron chi connectivity index (χ4n) is 1.42. The monoisotopic (exact) mass is 184 g/mol. The summed E-state index contributed by atoms with van der Waals surface area (Å²) in [7, 11) is 0. The molecule has 0 heterocycles. The highest BCUT2D eigenvalue weighted by Gasteiger charge is 2.28. The lowest BCUT2D eigenvalue weighted by molar-refractivity contribution is -0.121. The van der Waals surface area contributed by atoms with Crippen LogP contribution >= 0.6 is 0 Å². The Balaban J connectivity index is 2.02. The number of carbonyl (C=O) groups is 1. The smallest absolute Gasteiger partial charge is 0.221 e. The van der Waals surface area contributed by atoms with Gasteiger partial charge in [-0.1, -0.05) is 6.92 Å². The zero-order chi connectivity index (χ0) is 9.68. The maximum Gasteiger partial charge on any atom is 0.221 e. The second-order valence-corrected chi connectivity index (χ2v) is 3.80. The second kappa shape index (κ2) is 5.22. The topological polar surface area (TPSA) is 41.1 Å². The van der Waals surface area contributed by atoms with Crippen LogP contribution in [0.5, 0.6) is 0 Å². The van der Waals surface area contributed by atoms with E-state index >= 15 is 0 Å². The van der Waals surface area contributed by atoms with Gasteiger partial charge in [0.15, 0.2) is 0 Å². The Kier molecular flexibility index (Phi) is 4.22. The molecule has 1 aliphatic rings. The third-order valence-corrected chi connectivity index (χ3v) is 2.50. The molecule has 2 N–H and O–H groups in total. The van der Waals surface area contributed by atoms with Gasteiger partial charge in [-0.3, -0.25) is 4.79 Å². The molecule has 13 heavy (non-hydrogen) atoms. The van der Waals surface area contributed by atoms with E-state index < -0.39 is 0 Å². The first-order valence-electron chi connectivity index (χ1n) is 5.24. The standard InChI is InChI=1S/C10H20N2O/c1-3-11-7-6-10(13)12-8(2)9-4-5-9/h8-9,11H,3-7H2,1-2H3,(H,12,13). The van der Waals surface area contributed by atoms with E-state index in [2.05, 4.69) is 17.6 Å². The van der Waals surface area contributed by atoms with Crippen LogP contribution < -0.4 is 10.6 Å². The first-order chi connectivity index (χ1) is 6.24. The van der Waals surface area contributed by atoms with Crippen molar-refractivity contribution in [2.75, 3.05) is 13.1 Å². The lowest BCUT2D eigenvalue weighted by atomic mass is 10.2. The molecule has 1 rings (SSSR count). The highest BCUT2D eigenvalue weighted by molar-refractivity contribution is 5.76. The number of nitrogens with one attached hydrogen (secondary N) is 2. The summed E-state index contributed by atoms with van der Waals surface area (Å²) >= 11 is 0. The predicted octanol–water partition coefficient (Wildman–Crippen LogP) is 0.901. The molecule has 0 aromatic rings. The van der Waals surface area contributed by atoms with Gasteiger partial charge < -0.3 is 10.6 Å². The molecular formula is C10H20N2O. The van der Waals surface area contributed by atoms with Gasteiger partial charge in [-0.15, -0.1) is 0 Å². The van der Waals surface area contributed by atoms with Crippen molar-refractivity contribution in [3.63, 3.8) is 0 Å². The van der Waals surface area contributed by atoms with Crippen LogP contribution in [0.25, 0.3) is 0 Å². The summed E-state index contributed by atoms with van der Waals surface area (Å²) in [6, 6.07) is 0.383. The summed E-state index contributed by atoms with van der Waals surface area (Å²) in [5.74, 6) is 0.934. The first-order valence-corrected chi connectivity index (χ1v) is 5.24. The predicted molar refractivity (Wildman–Crippen MR) is 53.5 cm³/mol. The molecule has 0 saturated heterocycles. The Labute approximate surface area is 80.3 Å². The van der Waals surface area contributed by atoms with Crippen LogP contribution in [-0.2, 0) is 4.79 Å². The SMILES string of the molecule is CCNCCC(=O)NC(C)C1CC1. The van der Waals surface area contributed by atoms with Crippen molar-refractivity contribution in [1.29, 1.82) is 0 Å². The van der Waals surface area contributed by atoms with E-state index in [1.807, 2.05) is 6.92 Å². The minimum Gasteiger partial charge on any atom is -0.353 e. The van der Waals surface area contributed by atoms with Crippen LogP contribution in [0.1, 0.15) is 33.1 Å². The van der Waals surface area contributed by atoms with E-state index in [0.717, 1.165) is 19.0 Å². The second-order valence-electron chi connectivity index (χ2n) is 3.80. The molecule has 1 fully saturated rings. The van der Waals surface area contributed by atoms with Gasteiger partial charge in [0, 0.05) is 19.0 Å². The highest BCUT2D eigenvalue weighted by atomic mass is 16.1. The number of hydrogen-bond donors (Lipinski definition) is 2. The third-order valence-electron chi connectivity index (χ3n) is 2.50. The number of rotatable bonds is 6. The summed E-state index contributed by atoms with van der Waals surface area (Å²) in [5, 5.41) is 6.16. The van der Waals surface area contributed by atoms with Gasteiger partial charge in [-0.2, -0.15) is 0 Å². The molecule has 0 spiro atoms. The zero-order valence-electron chi connectivity index (χ0n) is 8.60. The minimum absolute atomic E-state index is 0.181. The Morgan fingerprint density at radius 2 is 2.23 bits per heavy atom. The normalized spacial score (nSPS) is 18.3. The third kappa shape index (κ3) is 4.27. The van der Waals surface area contributed by atoms with Crippen LogP contribution in [0.3, 0.4) is 0 Å². The average Bonchev–Trinajstić information content (AvgIpc) is 2.86. The van der Waals surface area contributed by atoms with E-state index in [-0.39, 0.29) is 5.91 Å². The van der Waals surface area contributed by atoms with Crippen molar-refractivity contribution < 1.29 is 4.79 Å². The molecule has 0 aromatic heterocycles. The summed E-state index contributed by atoms with van der Waals surface area (Å²) in [5.41, 5.74) is 0. The van der Waals surface area contributed by atoms with Gasteiger partial charge >= 0.3 is 0 Å². The molecule has 0 bridgehead atoms. The van der Waals surface area contributed by atoms with Crippen LogP contribution in [-0.4, -0.2) is 25.0 Å². The molecule has 1 amide bonds. The minimum atomic E-state index is 0.181. The molecule has 0 radical (unpaired) electrons. The first kappa shape index (κ1) is 10.5. The van der Waals surface area contributed by atoms with Crippen molar-refractivity contribution >= 4 is 5.91 Å². The summed E-state index contributed by atoms with van der Waals surface area (Å²) in [6.45, 7) is 5.87. The molecule has 3 heteroatoms. The Hall–Kier alpha value is -0.570. The Bertz CT molecular complexity index is 166. The van der Waals surface area contributed by atoms with Crippen molar-refractivity contribution in [3.8, 4) is 0 Å².